The van der Waals surface area contributed by atoms with Gasteiger partial charge in [-0.3, -0.25) is 14.4 Å². The summed E-state index contributed by atoms with van der Waals surface area (Å²) in [6.45, 7) is -0.357. The van der Waals surface area contributed by atoms with Gasteiger partial charge in [-0.1, -0.05) is 6.07 Å². The minimum Gasteiger partial charge on any atom is -0.497 e. The van der Waals surface area contributed by atoms with Gasteiger partial charge in [0.2, 0.25) is 11.8 Å². The summed E-state index contributed by atoms with van der Waals surface area (Å²) in [5.41, 5.74) is 0.893. The van der Waals surface area contributed by atoms with Crippen molar-refractivity contribution < 1.29 is 23.5 Å². The van der Waals surface area contributed by atoms with Crippen LogP contribution in [0.4, 0.5) is 5.69 Å². The largest absolute Gasteiger partial charge is 0.497 e. The van der Waals surface area contributed by atoms with Crippen LogP contribution in [0.1, 0.15) is 10.4 Å². The molecule has 0 unspecified atom stereocenters. The average Bonchev–Trinajstić information content (AvgIpc) is 3.14. The summed E-state index contributed by atoms with van der Waals surface area (Å²) < 4.78 is 9.88. The first-order valence-electron chi connectivity index (χ1n) is 7.48. The first-order chi connectivity index (χ1) is 12.0. The van der Waals surface area contributed by atoms with Crippen molar-refractivity contribution in [2.24, 2.45) is 0 Å². The molecule has 25 heavy (non-hydrogen) atoms. The van der Waals surface area contributed by atoms with Crippen molar-refractivity contribution >= 4 is 23.4 Å². The molecule has 0 saturated heterocycles. The van der Waals surface area contributed by atoms with Crippen molar-refractivity contribution in [3.63, 3.8) is 0 Å². The van der Waals surface area contributed by atoms with Crippen molar-refractivity contribution in [1.29, 1.82) is 0 Å². The molecule has 2 rings (SSSR count). The van der Waals surface area contributed by atoms with Gasteiger partial charge in [-0.2, -0.15) is 0 Å². The third kappa shape index (κ3) is 5.38. The van der Waals surface area contributed by atoms with E-state index in [1.54, 1.807) is 24.3 Å². The molecule has 3 amide bonds. The third-order valence-corrected chi connectivity index (χ3v) is 3.34. The number of ether oxygens (including phenoxy) is 1. The van der Waals surface area contributed by atoms with E-state index in [0.717, 1.165) is 0 Å². The van der Waals surface area contributed by atoms with E-state index in [0.29, 0.717) is 17.0 Å². The highest BCUT2D eigenvalue weighted by atomic mass is 16.5. The maximum Gasteiger partial charge on any atom is 0.254 e. The molecule has 1 heterocycles. The van der Waals surface area contributed by atoms with Gasteiger partial charge in [0.1, 0.15) is 12.0 Å². The second-order valence-corrected chi connectivity index (χ2v) is 5.22. The molecule has 0 aliphatic carbocycles. The molecule has 0 saturated carbocycles. The van der Waals surface area contributed by atoms with Crippen LogP contribution in [-0.4, -0.2) is 49.9 Å². The number of anilines is 1. The van der Waals surface area contributed by atoms with E-state index in [1.165, 1.54) is 37.7 Å². The molecule has 1 aromatic carbocycles. The van der Waals surface area contributed by atoms with Gasteiger partial charge in [0, 0.05) is 18.8 Å². The molecule has 2 N–H and O–H groups in total. The number of hydrogen-bond donors (Lipinski definition) is 2. The number of furan rings is 1. The second kappa shape index (κ2) is 8.53. The molecular formula is C17H19N3O5. The molecule has 0 aliphatic heterocycles. The highest BCUT2D eigenvalue weighted by Gasteiger charge is 2.15. The number of carbonyl (C=O) groups is 3. The molecule has 8 nitrogen and oxygen atoms in total. The molecule has 2 aromatic rings. The van der Waals surface area contributed by atoms with Crippen LogP contribution >= 0.6 is 0 Å². The lowest BCUT2D eigenvalue weighted by Gasteiger charge is -2.17. The Bertz CT molecular complexity index is 743. The SMILES string of the molecule is COc1cccc(NC(=O)CN(C)C(=O)CNC(=O)c2ccoc2)c1. The van der Waals surface area contributed by atoms with Gasteiger partial charge in [-0.15, -0.1) is 0 Å². The lowest BCUT2D eigenvalue weighted by Crippen LogP contribution is -2.41. The normalized spacial score (nSPS) is 10.0. The molecule has 0 bridgehead atoms. The Morgan fingerprint density at radius 3 is 2.72 bits per heavy atom. The number of nitrogens with one attached hydrogen (secondary N) is 2. The highest BCUT2D eigenvalue weighted by molar-refractivity contribution is 5.97. The number of amides is 3. The van der Waals surface area contributed by atoms with Gasteiger partial charge in [-0.25, -0.2) is 0 Å². The topological polar surface area (TPSA) is 101 Å². The predicted octanol–water partition coefficient (Wildman–Crippen LogP) is 1.12. The van der Waals surface area contributed by atoms with Crippen LogP contribution in [0.25, 0.3) is 0 Å². The van der Waals surface area contributed by atoms with Gasteiger partial charge >= 0.3 is 0 Å². The van der Waals surface area contributed by atoms with Crippen LogP contribution < -0.4 is 15.4 Å². The summed E-state index contributed by atoms with van der Waals surface area (Å²) in [7, 11) is 3.02. The van der Waals surface area contributed by atoms with Crippen LogP contribution in [0, 0.1) is 0 Å². The van der Waals surface area contributed by atoms with E-state index < -0.39 is 11.8 Å². The van der Waals surface area contributed by atoms with Crippen molar-refractivity contribution in [3.05, 3.63) is 48.4 Å². The van der Waals surface area contributed by atoms with Crippen molar-refractivity contribution in [2.75, 3.05) is 32.6 Å². The van der Waals surface area contributed by atoms with E-state index in [2.05, 4.69) is 10.6 Å². The number of hydrogen-bond acceptors (Lipinski definition) is 5. The minimum atomic E-state index is -0.420. The monoisotopic (exact) mass is 345 g/mol. The van der Waals surface area contributed by atoms with Gasteiger partial charge in [0.25, 0.3) is 5.91 Å². The second-order valence-electron chi connectivity index (χ2n) is 5.22. The maximum atomic E-state index is 12.0. The van der Waals surface area contributed by atoms with Gasteiger partial charge in [0.05, 0.1) is 32.0 Å². The summed E-state index contributed by atoms with van der Waals surface area (Å²) in [6, 6.07) is 8.38. The van der Waals surface area contributed by atoms with Gasteiger partial charge < -0.3 is 24.7 Å². The van der Waals surface area contributed by atoms with Crippen molar-refractivity contribution in [2.45, 2.75) is 0 Å². The minimum absolute atomic E-state index is 0.141. The molecular weight excluding hydrogens is 326 g/mol. The summed E-state index contributed by atoms with van der Waals surface area (Å²) >= 11 is 0. The van der Waals surface area contributed by atoms with Crippen LogP contribution in [0.3, 0.4) is 0 Å². The third-order valence-electron chi connectivity index (χ3n) is 3.34. The Morgan fingerprint density at radius 1 is 1.24 bits per heavy atom. The van der Waals surface area contributed by atoms with Crippen LogP contribution in [0.15, 0.2) is 47.3 Å². The molecule has 8 heteroatoms. The molecule has 0 aliphatic rings. The maximum absolute atomic E-state index is 12.0. The van der Waals surface area contributed by atoms with Crippen LogP contribution in [0.2, 0.25) is 0 Å². The van der Waals surface area contributed by atoms with Crippen LogP contribution in [0.5, 0.6) is 5.75 Å². The Kier molecular flexibility index (Phi) is 6.16. The summed E-state index contributed by atoms with van der Waals surface area (Å²) in [5.74, 6) is -0.552. The van der Waals surface area contributed by atoms with Gasteiger partial charge in [-0.05, 0) is 18.2 Å². The number of benzene rings is 1. The molecule has 0 radical (unpaired) electrons. The fourth-order valence-corrected chi connectivity index (χ4v) is 1.99. The molecule has 132 valence electrons. The van der Waals surface area contributed by atoms with Gasteiger partial charge in [0.15, 0.2) is 0 Å². The zero-order valence-electron chi connectivity index (χ0n) is 13.9. The smallest absolute Gasteiger partial charge is 0.254 e. The summed E-state index contributed by atoms with van der Waals surface area (Å²) in [4.78, 5) is 37.0. The van der Waals surface area contributed by atoms with E-state index in [-0.39, 0.29) is 19.0 Å². The fourth-order valence-electron chi connectivity index (χ4n) is 1.99. The number of rotatable bonds is 7. The quantitative estimate of drug-likeness (QED) is 0.783. The number of carbonyl (C=O) groups excluding carboxylic acids is 3. The zero-order chi connectivity index (χ0) is 18.2. The zero-order valence-corrected chi connectivity index (χ0v) is 13.9. The van der Waals surface area contributed by atoms with E-state index in [9.17, 15) is 14.4 Å². The van der Waals surface area contributed by atoms with Crippen molar-refractivity contribution in [3.8, 4) is 5.75 Å². The number of likely N-dealkylation sites (N-methyl/N-ethyl adjacent to an activating group) is 1. The Hall–Kier alpha value is -3.29. The lowest BCUT2D eigenvalue weighted by atomic mass is 10.3. The Balaban J connectivity index is 1.79. The highest BCUT2D eigenvalue weighted by Crippen LogP contribution is 2.16. The Morgan fingerprint density at radius 2 is 2.04 bits per heavy atom. The van der Waals surface area contributed by atoms with E-state index >= 15 is 0 Å². The summed E-state index contributed by atoms with van der Waals surface area (Å²) in [6.07, 6.45) is 2.65. The van der Waals surface area contributed by atoms with Crippen molar-refractivity contribution in [1.82, 2.24) is 10.2 Å². The molecule has 0 fully saturated rings. The van der Waals surface area contributed by atoms with Crippen LogP contribution in [-0.2, 0) is 9.59 Å². The molecule has 0 atom stereocenters. The number of nitrogens with zero attached hydrogens (tertiary/aromatic N) is 1. The Labute approximate surface area is 144 Å². The number of methoxy groups -OCH3 is 1. The molecule has 1 aromatic heterocycles. The summed E-state index contributed by atoms with van der Waals surface area (Å²) in [5, 5.41) is 5.14. The first kappa shape index (κ1) is 18.1. The fraction of sp³-hybridized carbons (Fsp3) is 0.235. The first-order valence-corrected chi connectivity index (χ1v) is 7.48. The molecule has 0 spiro atoms. The van der Waals surface area contributed by atoms with E-state index in [4.69, 9.17) is 9.15 Å². The predicted molar refractivity (Wildman–Crippen MR) is 90.3 cm³/mol. The van der Waals surface area contributed by atoms with E-state index in [1.807, 2.05) is 0 Å². The standard InChI is InChI=1S/C17H19N3O5/c1-20(16(22)9-18-17(23)12-6-7-25-11-12)10-15(21)19-13-4-3-5-14(8-13)24-2/h3-8,11H,9-10H2,1-2H3,(H,18,23)(H,19,21). The average molecular weight is 345 g/mol. The lowest BCUT2D eigenvalue weighted by molar-refractivity contribution is -0.132.